The van der Waals surface area contributed by atoms with Crippen LogP contribution in [0.25, 0.3) is 10.9 Å². The van der Waals surface area contributed by atoms with Crippen molar-refractivity contribution in [1.29, 1.82) is 0 Å². The molecular weight excluding hydrogens is 374 g/mol. The summed E-state index contributed by atoms with van der Waals surface area (Å²) in [4.78, 5) is 8.78. The Morgan fingerprint density at radius 1 is 1.15 bits per heavy atom. The van der Waals surface area contributed by atoms with Gasteiger partial charge in [0.25, 0.3) is 0 Å². The molecule has 3 heterocycles. The summed E-state index contributed by atoms with van der Waals surface area (Å²) >= 11 is 1.87. The summed E-state index contributed by atoms with van der Waals surface area (Å²) in [6.07, 6.45) is 8.05. The summed E-state index contributed by atoms with van der Waals surface area (Å²) in [5.41, 5.74) is 5.69. The van der Waals surface area contributed by atoms with Gasteiger partial charge in [0.2, 0.25) is 0 Å². The third kappa shape index (κ3) is 3.23. The summed E-state index contributed by atoms with van der Waals surface area (Å²) in [7, 11) is 0. The molecule has 1 aromatic carbocycles. The summed E-state index contributed by atoms with van der Waals surface area (Å²) in [5, 5.41) is 1.37. The fourth-order valence-corrected chi connectivity index (χ4v) is 5.12. The standard InChI is InChI=1S/C22H25N3S.ClH/c1-15-21(26-2)19-9-11-23-22(20(19)25(15)13-16-7-8-16)24-12-10-17-5-3-4-6-18(17)14-24;/h3-6,9,11,16H,7-8,10,12-14H2,1-2H3;1H. The normalized spacial score (nSPS) is 16.3. The highest BCUT2D eigenvalue weighted by Gasteiger charge is 2.27. The average molecular weight is 400 g/mol. The lowest BCUT2D eigenvalue weighted by atomic mass is 10.00. The number of halogens is 1. The molecule has 0 bridgehead atoms. The third-order valence-electron chi connectivity index (χ3n) is 5.92. The van der Waals surface area contributed by atoms with Crippen molar-refractivity contribution in [1.82, 2.24) is 9.55 Å². The Hall–Kier alpha value is -1.65. The fourth-order valence-electron chi connectivity index (χ4n) is 4.33. The topological polar surface area (TPSA) is 21.1 Å². The van der Waals surface area contributed by atoms with Crippen molar-refractivity contribution in [2.45, 2.75) is 44.2 Å². The Morgan fingerprint density at radius 3 is 2.67 bits per heavy atom. The second-order valence-corrected chi connectivity index (χ2v) is 8.46. The summed E-state index contributed by atoms with van der Waals surface area (Å²) in [6, 6.07) is 11.1. The SMILES string of the molecule is CSc1c(C)n(CC2CC2)c2c(N3CCc4ccccc4C3)nccc12.Cl. The van der Waals surface area contributed by atoms with Gasteiger partial charge in [-0.3, -0.25) is 0 Å². The first-order valence-corrected chi connectivity index (χ1v) is 10.8. The maximum Gasteiger partial charge on any atom is 0.153 e. The molecule has 5 rings (SSSR count). The second kappa shape index (κ2) is 7.40. The molecule has 0 atom stereocenters. The zero-order chi connectivity index (χ0) is 17.7. The first-order chi connectivity index (χ1) is 12.8. The third-order valence-corrected chi connectivity index (χ3v) is 6.85. The molecule has 1 fully saturated rings. The Bertz CT molecular complexity index is 977. The largest absolute Gasteiger partial charge is 0.350 e. The van der Waals surface area contributed by atoms with Crippen LogP contribution < -0.4 is 4.90 Å². The minimum atomic E-state index is 0. The molecule has 1 aliphatic carbocycles. The number of pyridine rings is 1. The van der Waals surface area contributed by atoms with Crippen molar-refractivity contribution >= 4 is 40.9 Å². The molecule has 2 aromatic heterocycles. The number of nitrogens with zero attached hydrogens (tertiary/aromatic N) is 3. The molecule has 3 nitrogen and oxygen atoms in total. The van der Waals surface area contributed by atoms with Crippen LogP contribution >= 0.6 is 24.2 Å². The Balaban J connectivity index is 0.00000180. The van der Waals surface area contributed by atoms with Gasteiger partial charge in [-0.2, -0.15) is 0 Å². The molecule has 3 aromatic rings. The molecule has 0 radical (unpaired) electrons. The molecule has 0 spiro atoms. The van der Waals surface area contributed by atoms with Crippen LogP contribution in [0.5, 0.6) is 0 Å². The van der Waals surface area contributed by atoms with Gasteiger partial charge in [0.1, 0.15) is 0 Å². The van der Waals surface area contributed by atoms with Crippen molar-refractivity contribution in [3.05, 3.63) is 53.3 Å². The first-order valence-electron chi connectivity index (χ1n) is 9.59. The maximum absolute atomic E-state index is 4.88. The molecule has 5 heteroatoms. The van der Waals surface area contributed by atoms with E-state index >= 15 is 0 Å². The second-order valence-electron chi connectivity index (χ2n) is 7.64. The highest BCUT2D eigenvalue weighted by molar-refractivity contribution is 7.98. The number of thioether (sulfide) groups is 1. The van der Waals surface area contributed by atoms with Gasteiger partial charge in [-0.15, -0.1) is 24.2 Å². The highest BCUT2D eigenvalue weighted by atomic mass is 35.5. The lowest BCUT2D eigenvalue weighted by Crippen LogP contribution is -2.31. The van der Waals surface area contributed by atoms with Crippen LogP contribution in [0.15, 0.2) is 41.4 Å². The van der Waals surface area contributed by atoms with E-state index in [1.54, 1.807) is 0 Å². The number of rotatable bonds is 4. The maximum atomic E-state index is 4.88. The Morgan fingerprint density at radius 2 is 1.93 bits per heavy atom. The molecule has 0 N–H and O–H groups in total. The van der Waals surface area contributed by atoms with E-state index in [1.165, 1.54) is 51.3 Å². The zero-order valence-electron chi connectivity index (χ0n) is 15.9. The minimum Gasteiger partial charge on any atom is -0.350 e. The lowest BCUT2D eigenvalue weighted by Gasteiger charge is -2.30. The van der Waals surface area contributed by atoms with Crippen molar-refractivity contribution in [2.75, 3.05) is 17.7 Å². The van der Waals surface area contributed by atoms with E-state index in [4.69, 9.17) is 4.98 Å². The van der Waals surface area contributed by atoms with E-state index < -0.39 is 0 Å². The number of benzene rings is 1. The zero-order valence-corrected chi connectivity index (χ0v) is 17.6. The van der Waals surface area contributed by atoms with Gasteiger partial charge in [0, 0.05) is 41.8 Å². The van der Waals surface area contributed by atoms with E-state index in [-0.39, 0.29) is 12.4 Å². The fraction of sp³-hybridized carbons (Fsp3) is 0.409. The molecule has 2 aliphatic rings. The van der Waals surface area contributed by atoms with Crippen LogP contribution in [0.4, 0.5) is 5.82 Å². The summed E-state index contributed by atoms with van der Waals surface area (Å²) < 4.78 is 2.56. The minimum absolute atomic E-state index is 0. The smallest absolute Gasteiger partial charge is 0.153 e. The van der Waals surface area contributed by atoms with Crippen molar-refractivity contribution in [3.63, 3.8) is 0 Å². The van der Waals surface area contributed by atoms with Gasteiger partial charge in [0.15, 0.2) is 5.82 Å². The van der Waals surface area contributed by atoms with Crippen molar-refractivity contribution < 1.29 is 0 Å². The summed E-state index contributed by atoms with van der Waals surface area (Å²) in [6.45, 7) is 5.44. The Labute approximate surface area is 171 Å². The molecule has 0 amide bonds. The van der Waals surface area contributed by atoms with Gasteiger partial charge >= 0.3 is 0 Å². The van der Waals surface area contributed by atoms with Gasteiger partial charge in [0.05, 0.1) is 5.52 Å². The van der Waals surface area contributed by atoms with Gasteiger partial charge in [-0.05, 0) is 55.6 Å². The monoisotopic (exact) mass is 399 g/mol. The number of aromatic nitrogens is 2. The number of fused-ring (bicyclic) bond motifs is 2. The van der Waals surface area contributed by atoms with Crippen molar-refractivity contribution in [2.24, 2.45) is 5.92 Å². The first kappa shape index (κ1) is 18.7. The predicted octanol–water partition coefficient (Wildman–Crippen LogP) is 5.46. The van der Waals surface area contributed by atoms with Crippen LogP contribution in [0, 0.1) is 12.8 Å². The average Bonchev–Trinajstić information content (AvgIpc) is 3.46. The molecule has 1 saturated carbocycles. The van der Waals surface area contributed by atoms with Crippen LogP contribution in [0.2, 0.25) is 0 Å². The number of hydrogen-bond acceptors (Lipinski definition) is 3. The molecule has 27 heavy (non-hydrogen) atoms. The highest BCUT2D eigenvalue weighted by Crippen LogP contribution is 2.40. The van der Waals surface area contributed by atoms with E-state index in [0.717, 1.165) is 32.0 Å². The molecule has 142 valence electrons. The number of hydrogen-bond donors (Lipinski definition) is 0. The quantitative estimate of drug-likeness (QED) is 0.543. The summed E-state index contributed by atoms with van der Waals surface area (Å²) in [5.74, 6) is 2.02. The van der Waals surface area contributed by atoms with E-state index in [2.05, 4.69) is 53.0 Å². The molecule has 0 saturated heterocycles. The van der Waals surface area contributed by atoms with E-state index in [0.29, 0.717) is 0 Å². The molecular formula is C22H26ClN3S. The van der Waals surface area contributed by atoms with Crippen LogP contribution in [0.1, 0.15) is 29.7 Å². The molecule has 0 unspecified atom stereocenters. The van der Waals surface area contributed by atoms with Crippen LogP contribution in [-0.2, 0) is 19.5 Å². The predicted molar refractivity (Wildman–Crippen MR) is 117 cm³/mol. The number of anilines is 1. The lowest BCUT2D eigenvalue weighted by molar-refractivity contribution is 0.626. The van der Waals surface area contributed by atoms with Gasteiger partial charge in [-0.25, -0.2) is 4.98 Å². The van der Waals surface area contributed by atoms with E-state index in [9.17, 15) is 0 Å². The molecule has 1 aliphatic heterocycles. The van der Waals surface area contributed by atoms with Crippen LogP contribution in [-0.4, -0.2) is 22.4 Å². The Kier molecular flexibility index (Phi) is 5.13. The van der Waals surface area contributed by atoms with Gasteiger partial charge < -0.3 is 9.47 Å². The van der Waals surface area contributed by atoms with E-state index in [1.807, 2.05) is 18.0 Å². The van der Waals surface area contributed by atoms with Crippen LogP contribution in [0.3, 0.4) is 0 Å². The van der Waals surface area contributed by atoms with Gasteiger partial charge in [-0.1, -0.05) is 24.3 Å². The van der Waals surface area contributed by atoms with Crippen molar-refractivity contribution in [3.8, 4) is 0 Å².